The molecule has 194 valence electrons. The number of carbonyl (C=O) groups is 4. The zero-order valence-corrected chi connectivity index (χ0v) is 20.1. The topological polar surface area (TPSA) is 142 Å². The van der Waals surface area contributed by atoms with Crippen LogP contribution in [-0.4, -0.2) is 50.0 Å². The van der Waals surface area contributed by atoms with Crippen LogP contribution in [0.2, 0.25) is 0 Å². The van der Waals surface area contributed by atoms with Crippen molar-refractivity contribution in [3.05, 3.63) is 59.7 Å². The number of rotatable bonds is 10. The lowest BCUT2D eigenvalue weighted by Gasteiger charge is -2.17. The lowest BCUT2D eigenvalue weighted by atomic mass is 10.2. The van der Waals surface area contributed by atoms with Gasteiger partial charge in [0.2, 0.25) is 12.6 Å². The van der Waals surface area contributed by atoms with Crippen LogP contribution < -0.4 is 9.47 Å². The van der Waals surface area contributed by atoms with Crippen molar-refractivity contribution in [3.8, 4) is 11.5 Å². The van der Waals surface area contributed by atoms with Crippen molar-refractivity contribution >= 4 is 24.2 Å². The second-order valence-electron chi connectivity index (χ2n) is 6.71. The van der Waals surface area contributed by atoms with Crippen LogP contribution in [0.15, 0.2) is 48.5 Å². The van der Waals surface area contributed by atoms with Crippen LogP contribution in [0.25, 0.3) is 0 Å². The summed E-state index contributed by atoms with van der Waals surface area (Å²) >= 11 is 0. The number of carbonyl (C=O) groups excluding carboxylic acids is 4. The van der Waals surface area contributed by atoms with E-state index >= 15 is 0 Å². The summed E-state index contributed by atoms with van der Waals surface area (Å²) in [5.74, 6) is -2.10. The lowest BCUT2D eigenvalue weighted by molar-refractivity contribution is -0.188. The molecule has 0 N–H and O–H groups in total. The van der Waals surface area contributed by atoms with Gasteiger partial charge in [-0.25, -0.2) is 29.0 Å². The van der Waals surface area contributed by atoms with Gasteiger partial charge >= 0.3 is 24.2 Å². The Balaban J connectivity index is 2.02. The van der Waals surface area contributed by atoms with E-state index in [1.165, 1.54) is 50.2 Å². The summed E-state index contributed by atoms with van der Waals surface area (Å²) in [6.45, 7) is 6.30. The van der Waals surface area contributed by atoms with E-state index in [1.807, 2.05) is 0 Å². The fourth-order valence-electron chi connectivity index (χ4n) is 2.62. The molecule has 0 fully saturated rings. The minimum atomic E-state index is -1.09. The first-order valence-electron chi connectivity index (χ1n) is 10.9. The predicted octanol–water partition coefficient (Wildman–Crippen LogP) is 4.41. The maximum Gasteiger partial charge on any atom is 0.511 e. The van der Waals surface area contributed by atoms with E-state index in [0.717, 1.165) is 0 Å². The van der Waals surface area contributed by atoms with E-state index in [2.05, 4.69) is 19.2 Å². The molecule has 2 unspecified atom stereocenters. The van der Waals surface area contributed by atoms with Gasteiger partial charge in [-0.2, -0.15) is 0 Å². The molecule has 0 aliphatic carbocycles. The highest BCUT2D eigenvalue weighted by molar-refractivity contribution is 5.95. The van der Waals surface area contributed by atoms with Gasteiger partial charge in [-0.05, 0) is 38.1 Å². The Hall–Kier alpha value is -4.48. The normalized spacial score (nSPS) is 11.8. The molecule has 0 aromatic heterocycles. The summed E-state index contributed by atoms with van der Waals surface area (Å²) in [7, 11) is 0. The fourth-order valence-corrected chi connectivity index (χ4v) is 2.62. The molecular formula is C24H26O12. The molecule has 0 radical (unpaired) electrons. The third-order valence-electron chi connectivity index (χ3n) is 4.04. The molecule has 2 aromatic rings. The highest BCUT2D eigenvalue weighted by Crippen LogP contribution is 2.23. The molecule has 0 heterocycles. The van der Waals surface area contributed by atoms with Crippen LogP contribution in [0, 0.1) is 0 Å². The third kappa shape index (κ3) is 8.70. The van der Waals surface area contributed by atoms with Crippen LogP contribution in [0.4, 0.5) is 9.59 Å². The molecule has 0 spiro atoms. The van der Waals surface area contributed by atoms with Gasteiger partial charge in [-0.1, -0.05) is 24.3 Å². The molecule has 36 heavy (non-hydrogen) atoms. The Morgan fingerprint density at radius 1 is 0.639 bits per heavy atom. The van der Waals surface area contributed by atoms with E-state index in [1.54, 1.807) is 26.0 Å². The van der Waals surface area contributed by atoms with Crippen LogP contribution in [-0.2, 0) is 28.7 Å². The smallest absolute Gasteiger partial charge is 0.454 e. The van der Waals surface area contributed by atoms with Crippen molar-refractivity contribution in [1.29, 1.82) is 0 Å². The molecule has 12 heteroatoms. The number of ether oxygens (including phenoxy) is 6. The van der Waals surface area contributed by atoms with E-state index in [0.29, 0.717) is 0 Å². The van der Waals surface area contributed by atoms with Crippen molar-refractivity contribution in [2.45, 2.75) is 40.3 Å². The number of hydrogen-bond acceptors (Lipinski definition) is 12. The molecule has 2 atom stereocenters. The zero-order chi connectivity index (χ0) is 26.5. The molecule has 0 saturated heterocycles. The number of benzene rings is 2. The molecule has 0 bridgehead atoms. The first-order chi connectivity index (χ1) is 17.2. The highest BCUT2D eigenvalue weighted by atomic mass is 17.2. The molecule has 0 saturated carbocycles. The van der Waals surface area contributed by atoms with Gasteiger partial charge in [-0.15, -0.1) is 0 Å². The van der Waals surface area contributed by atoms with Crippen LogP contribution >= 0.6 is 0 Å². The average Bonchev–Trinajstić information content (AvgIpc) is 2.83. The first kappa shape index (κ1) is 27.8. The van der Waals surface area contributed by atoms with E-state index in [4.69, 9.17) is 18.9 Å². The molecule has 2 rings (SSSR count). The van der Waals surface area contributed by atoms with Gasteiger partial charge in [0.05, 0.1) is 13.2 Å². The van der Waals surface area contributed by atoms with Gasteiger partial charge in [-0.3, -0.25) is 0 Å². The average molecular weight is 506 g/mol. The van der Waals surface area contributed by atoms with E-state index < -0.39 is 36.8 Å². The van der Waals surface area contributed by atoms with Crippen LogP contribution in [0.5, 0.6) is 11.5 Å². The zero-order valence-electron chi connectivity index (χ0n) is 20.1. The summed E-state index contributed by atoms with van der Waals surface area (Å²) in [5.41, 5.74) is -0.212. The summed E-state index contributed by atoms with van der Waals surface area (Å²) < 4.78 is 30.0. The lowest BCUT2D eigenvalue weighted by Crippen LogP contribution is -2.23. The molecule has 0 aliphatic heterocycles. The standard InChI is InChI=1S/C24H26O12/c1-5-29-23(27)33-15(3)31-19-13-9-7-11-17(19)21(25)35-36-22(26)18-12-8-10-14-20(18)32-16(4)34-24(28)30-6-2/h7-16H,5-6H2,1-4H3. The van der Waals surface area contributed by atoms with Crippen LogP contribution in [0.3, 0.4) is 0 Å². The summed E-state index contributed by atoms with van der Waals surface area (Å²) in [6, 6.07) is 11.8. The Kier molecular flexibility index (Phi) is 10.8. The summed E-state index contributed by atoms with van der Waals surface area (Å²) in [6.07, 6.45) is -4.07. The summed E-state index contributed by atoms with van der Waals surface area (Å²) in [4.78, 5) is 57.3. The van der Waals surface area contributed by atoms with Crippen molar-refractivity contribution in [2.24, 2.45) is 0 Å². The van der Waals surface area contributed by atoms with E-state index in [-0.39, 0.29) is 35.8 Å². The molecule has 0 amide bonds. The van der Waals surface area contributed by atoms with Gasteiger partial charge in [0, 0.05) is 13.8 Å². The van der Waals surface area contributed by atoms with Gasteiger partial charge in [0.15, 0.2) is 0 Å². The number of hydrogen-bond donors (Lipinski definition) is 0. The van der Waals surface area contributed by atoms with Crippen LogP contribution in [0.1, 0.15) is 48.4 Å². The maximum absolute atomic E-state index is 12.5. The van der Waals surface area contributed by atoms with Gasteiger partial charge < -0.3 is 28.4 Å². The maximum atomic E-state index is 12.5. The highest BCUT2D eigenvalue weighted by Gasteiger charge is 2.23. The van der Waals surface area contributed by atoms with E-state index in [9.17, 15) is 19.2 Å². The first-order valence-corrected chi connectivity index (χ1v) is 10.9. The van der Waals surface area contributed by atoms with Gasteiger partial charge in [0.25, 0.3) is 0 Å². The largest absolute Gasteiger partial charge is 0.511 e. The molecule has 12 nitrogen and oxygen atoms in total. The third-order valence-corrected chi connectivity index (χ3v) is 4.04. The molecule has 2 aromatic carbocycles. The van der Waals surface area contributed by atoms with Crippen molar-refractivity contribution in [2.75, 3.05) is 13.2 Å². The van der Waals surface area contributed by atoms with Crippen molar-refractivity contribution in [1.82, 2.24) is 0 Å². The molecular weight excluding hydrogens is 480 g/mol. The Bertz CT molecular complexity index is 967. The van der Waals surface area contributed by atoms with Crippen molar-refractivity contribution in [3.63, 3.8) is 0 Å². The second-order valence-corrected chi connectivity index (χ2v) is 6.71. The quantitative estimate of drug-likeness (QED) is 0.195. The monoisotopic (exact) mass is 506 g/mol. The molecule has 0 aliphatic rings. The Morgan fingerprint density at radius 2 is 1.00 bits per heavy atom. The van der Waals surface area contributed by atoms with Crippen molar-refractivity contribution < 1.29 is 57.4 Å². The Labute approximate surface area is 206 Å². The summed E-state index contributed by atoms with van der Waals surface area (Å²) in [5, 5.41) is 0. The minimum absolute atomic E-state index is 0.00372. The SMILES string of the molecule is CCOC(=O)OC(C)Oc1ccccc1C(=O)OOC(=O)c1ccccc1OC(C)OC(=O)OCC. The Morgan fingerprint density at radius 3 is 1.36 bits per heavy atom. The fraction of sp³-hybridized carbons (Fsp3) is 0.333. The predicted molar refractivity (Wildman–Crippen MR) is 120 cm³/mol. The second kappa shape index (κ2) is 14.0. The number of para-hydroxylation sites is 2. The van der Waals surface area contributed by atoms with Gasteiger partial charge in [0.1, 0.15) is 22.6 Å². The minimum Gasteiger partial charge on any atom is -0.454 e.